The molecule has 0 aliphatic carbocycles. The minimum absolute atomic E-state index is 0.0227. The maximum atomic E-state index is 12.5. The number of fused-ring (bicyclic) bond motifs is 1. The topological polar surface area (TPSA) is 96.6 Å². The minimum atomic E-state index is -3.72. The Balaban J connectivity index is 1.73. The van der Waals surface area contributed by atoms with Gasteiger partial charge in [0.05, 0.1) is 10.3 Å². The zero-order valence-corrected chi connectivity index (χ0v) is 16.0. The summed E-state index contributed by atoms with van der Waals surface area (Å²) in [6, 6.07) is 20.7. The van der Waals surface area contributed by atoms with E-state index in [-0.39, 0.29) is 28.4 Å². The number of hydrogen-bond donors (Lipinski definition) is 2. The first-order valence-corrected chi connectivity index (χ1v) is 10.3. The number of nitrogens with one attached hydrogen (secondary N) is 1. The van der Waals surface area contributed by atoms with Crippen LogP contribution >= 0.6 is 0 Å². The van der Waals surface area contributed by atoms with Crippen molar-refractivity contribution in [3.05, 3.63) is 94.6 Å². The van der Waals surface area contributed by atoms with Crippen LogP contribution in [0, 0.1) is 0 Å². The van der Waals surface area contributed by atoms with E-state index in [1.54, 1.807) is 48.5 Å². The second-order valence-corrected chi connectivity index (χ2v) is 8.22. The van der Waals surface area contributed by atoms with E-state index >= 15 is 0 Å². The Hall–Kier alpha value is -3.42. The van der Waals surface area contributed by atoms with Crippen LogP contribution in [0.15, 0.2) is 93.0 Å². The van der Waals surface area contributed by atoms with Crippen LogP contribution in [-0.4, -0.2) is 13.5 Å². The van der Waals surface area contributed by atoms with Gasteiger partial charge in [-0.05, 0) is 42.0 Å². The molecule has 0 fully saturated rings. The van der Waals surface area contributed by atoms with Crippen LogP contribution < -0.4 is 10.2 Å². The molecule has 0 bridgehead atoms. The molecule has 4 aromatic rings. The standard InChI is InChI=1S/C22H17NO5S/c24-16-11-10-15(14-23-29(26,27)17-6-2-1-3-7-17)19(12-16)22-13-20(25)18-8-4-5-9-21(18)28-22/h1-13,23-24H,14H2. The van der Waals surface area contributed by atoms with E-state index in [9.17, 15) is 18.3 Å². The fourth-order valence-corrected chi connectivity index (χ4v) is 4.07. The van der Waals surface area contributed by atoms with Crippen molar-refractivity contribution in [1.29, 1.82) is 0 Å². The summed E-state index contributed by atoms with van der Waals surface area (Å²) in [5, 5.41) is 10.4. The lowest BCUT2D eigenvalue weighted by Crippen LogP contribution is -2.23. The summed E-state index contributed by atoms with van der Waals surface area (Å²) < 4.78 is 33.4. The number of aromatic hydroxyl groups is 1. The van der Waals surface area contributed by atoms with E-state index in [1.807, 2.05) is 0 Å². The predicted octanol–water partition coefficient (Wildman–Crippen LogP) is 3.64. The average molecular weight is 407 g/mol. The van der Waals surface area contributed by atoms with Crippen molar-refractivity contribution >= 4 is 21.0 Å². The summed E-state index contributed by atoms with van der Waals surface area (Å²) in [5.41, 5.74) is 1.18. The van der Waals surface area contributed by atoms with Crippen molar-refractivity contribution in [1.82, 2.24) is 4.72 Å². The van der Waals surface area contributed by atoms with Crippen molar-refractivity contribution in [2.75, 3.05) is 0 Å². The Kier molecular flexibility index (Phi) is 4.92. The second kappa shape index (κ2) is 7.54. The molecule has 0 aliphatic heterocycles. The van der Waals surface area contributed by atoms with Gasteiger partial charge in [-0.1, -0.05) is 36.4 Å². The minimum Gasteiger partial charge on any atom is -0.508 e. The van der Waals surface area contributed by atoms with Gasteiger partial charge < -0.3 is 9.52 Å². The quantitative estimate of drug-likeness (QED) is 0.526. The molecule has 0 aliphatic rings. The molecule has 2 N–H and O–H groups in total. The van der Waals surface area contributed by atoms with E-state index < -0.39 is 10.0 Å². The largest absolute Gasteiger partial charge is 0.508 e. The number of hydrogen-bond acceptors (Lipinski definition) is 5. The van der Waals surface area contributed by atoms with Crippen LogP contribution in [0.4, 0.5) is 0 Å². The molecule has 0 spiro atoms. The first-order valence-electron chi connectivity index (χ1n) is 8.84. The van der Waals surface area contributed by atoms with Crippen molar-refractivity contribution in [3.63, 3.8) is 0 Å². The normalized spacial score (nSPS) is 11.6. The Labute approximate surface area is 167 Å². The molecular weight excluding hydrogens is 390 g/mol. The molecular formula is C22H17NO5S. The molecule has 1 aromatic heterocycles. The van der Waals surface area contributed by atoms with Gasteiger partial charge in [0, 0.05) is 18.2 Å². The van der Waals surface area contributed by atoms with Crippen LogP contribution in [0.5, 0.6) is 5.75 Å². The number of rotatable bonds is 5. The summed E-state index contributed by atoms with van der Waals surface area (Å²) in [7, 11) is -3.72. The highest BCUT2D eigenvalue weighted by Crippen LogP contribution is 2.29. The third-order valence-corrected chi connectivity index (χ3v) is 5.92. The first kappa shape index (κ1) is 18.9. The number of benzene rings is 3. The van der Waals surface area contributed by atoms with Crippen LogP contribution in [-0.2, 0) is 16.6 Å². The van der Waals surface area contributed by atoms with Gasteiger partial charge in [0.15, 0.2) is 5.43 Å². The third kappa shape index (κ3) is 3.91. The number of para-hydroxylation sites is 1. The Bertz CT molecular complexity index is 1340. The Morgan fingerprint density at radius 3 is 2.41 bits per heavy atom. The lowest BCUT2D eigenvalue weighted by molar-refractivity contribution is 0.475. The van der Waals surface area contributed by atoms with Crippen LogP contribution in [0.1, 0.15) is 5.56 Å². The number of sulfonamides is 1. The van der Waals surface area contributed by atoms with E-state index in [4.69, 9.17) is 4.42 Å². The van der Waals surface area contributed by atoms with Crippen LogP contribution in [0.3, 0.4) is 0 Å². The predicted molar refractivity (Wildman–Crippen MR) is 110 cm³/mol. The lowest BCUT2D eigenvalue weighted by atomic mass is 10.0. The van der Waals surface area contributed by atoms with Gasteiger partial charge in [-0.3, -0.25) is 4.79 Å². The zero-order chi connectivity index (χ0) is 20.4. The van der Waals surface area contributed by atoms with Crippen LogP contribution in [0.25, 0.3) is 22.3 Å². The fraction of sp³-hybridized carbons (Fsp3) is 0.0455. The van der Waals surface area contributed by atoms with Crippen molar-refractivity contribution in [2.24, 2.45) is 0 Å². The molecule has 4 rings (SSSR count). The molecule has 1 heterocycles. The van der Waals surface area contributed by atoms with Gasteiger partial charge in [0.1, 0.15) is 17.1 Å². The molecule has 0 amide bonds. The molecule has 146 valence electrons. The highest BCUT2D eigenvalue weighted by molar-refractivity contribution is 7.89. The van der Waals surface area contributed by atoms with E-state index in [0.717, 1.165) is 0 Å². The van der Waals surface area contributed by atoms with Crippen molar-refractivity contribution in [3.8, 4) is 17.1 Å². The van der Waals surface area contributed by atoms with E-state index in [2.05, 4.69) is 4.72 Å². The van der Waals surface area contributed by atoms with Gasteiger partial charge in [0.25, 0.3) is 0 Å². The molecule has 3 aromatic carbocycles. The molecule has 0 unspecified atom stereocenters. The maximum absolute atomic E-state index is 12.5. The number of phenols is 1. The molecule has 29 heavy (non-hydrogen) atoms. The van der Waals surface area contributed by atoms with Crippen LogP contribution in [0.2, 0.25) is 0 Å². The van der Waals surface area contributed by atoms with E-state index in [0.29, 0.717) is 22.1 Å². The molecule has 0 saturated heterocycles. The molecule has 7 heteroatoms. The lowest BCUT2D eigenvalue weighted by Gasteiger charge is -2.12. The molecule has 6 nitrogen and oxygen atoms in total. The zero-order valence-electron chi connectivity index (χ0n) is 15.2. The highest BCUT2D eigenvalue weighted by atomic mass is 32.2. The average Bonchev–Trinajstić information content (AvgIpc) is 2.73. The monoisotopic (exact) mass is 407 g/mol. The van der Waals surface area contributed by atoms with Gasteiger partial charge in [0.2, 0.25) is 10.0 Å². The first-order chi connectivity index (χ1) is 13.9. The Morgan fingerprint density at radius 2 is 1.62 bits per heavy atom. The molecule has 0 atom stereocenters. The van der Waals surface area contributed by atoms with Gasteiger partial charge in [-0.2, -0.15) is 0 Å². The van der Waals surface area contributed by atoms with Crippen molar-refractivity contribution in [2.45, 2.75) is 11.4 Å². The summed E-state index contributed by atoms with van der Waals surface area (Å²) in [4.78, 5) is 12.6. The summed E-state index contributed by atoms with van der Waals surface area (Å²) >= 11 is 0. The fourth-order valence-electron chi connectivity index (χ4n) is 3.04. The van der Waals surface area contributed by atoms with Crippen molar-refractivity contribution < 1.29 is 17.9 Å². The maximum Gasteiger partial charge on any atom is 0.240 e. The second-order valence-electron chi connectivity index (χ2n) is 6.45. The summed E-state index contributed by atoms with van der Waals surface area (Å²) in [5.74, 6) is 0.226. The third-order valence-electron chi connectivity index (χ3n) is 4.50. The molecule has 0 saturated carbocycles. The van der Waals surface area contributed by atoms with Gasteiger partial charge in [-0.25, -0.2) is 13.1 Å². The summed E-state index contributed by atoms with van der Waals surface area (Å²) in [6.07, 6.45) is 0. The smallest absolute Gasteiger partial charge is 0.240 e. The Morgan fingerprint density at radius 1 is 0.897 bits per heavy atom. The van der Waals surface area contributed by atoms with Gasteiger partial charge in [-0.15, -0.1) is 0 Å². The molecule has 0 radical (unpaired) electrons. The van der Waals surface area contributed by atoms with Gasteiger partial charge >= 0.3 is 0 Å². The summed E-state index contributed by atoms with van der Waals surface area (Å²) in [6.45, 7) is -0.0383. The number of phenolic OH excluding ortho intramolecular Hbond substituents is 1. The SMILES string of the molecule is O=c1cc(-c2cc(O)ccc2CNS(=O)(=O)c2ccccc2)oc2ccccc12. The van der Waals surface area contributed by atoms with E-state index in [1.165, 1.54) is 30.3 Å². The highest BCUT2D eigenvalue weighted by Gasteiger charge is 2.16.